The minimum atomic E-state index is -1.30. The van der Waals surface area contributed by atoms with Crippen molar-refractivity contribution in [3.05, 3.63) is 18.1 Å². The van der Waals surface area contributed by atoms with Gasteiger partial charge < -0.3 is 14.2 Å². The van der Waals surface area contributed by atoms with Gasteiger partial charge in [-0.25, -0.2) is 4.98 Å². The van der Waals surface area contributed by atoms with Crippen LogP contribution in [0.3, 0.4) is 0 Å². The fourth-order valence-corrected chi connectivity index (χ4v) is 1.48. The predicted octanol–water partition coefficient (Wildman–Crippen LogP) is 1.09. The van der Waals surface area contributed by atoms with Gasteiger partial charge in [0.05, 0.1) is 19.8 Å². The van der Waals surface area contributed by atoms with Gasteiger partial charge in [-0.3, -0.25) is 9.59 Å². The van der Waals surface area contributed by atoms with Crippen molar-refractivity contribution in [2.75, 3.05) is 19.8 Å². The SMILES string of the molecule is CCOC(=O)C(C(=O)OCC)c1nccc(OCC)n1. The molecule has 0 bridgehead atoms. The van der Waals surface area contributed by atoms with E-state index in [1.807, 2.05) is 0 Å². The number of rotatable bonds is 7. The monoisotopic (exact) mass is 282 g/mol. The van der Waals surface area contributed by atoms with Crippen LogP contribution in [0.1, 0.15) is 32.5 Å². The zero-order valence-corrected chi connectivity index (χ0v) is 11.8. The topological polar surface area (TPSA) is 87.6 Å². The summed E-state index contributed by atoms with van der Waals surface area (Å²) in [7, 11) is 0. The molecule has 20 heavy (non-hydrogen) atoms. The molecule has 7 heteroatoms. The summed E-state index contributed by atoms with van der Waals surface area (Å²) in [5, 5.41) is 0. The van der Waals surface area contributed by atoms with Crippen LogP contribution in [0.4, 0.5) is 0 Å². The van der Waals surface area contributed by atoms with Crippen LogP contribution in [0.25, 0.3) is 0 Å². The Morgan fingerprint density at radius 1 is 1.10 bits per heavy atom. The van der Waals surface area contributed by atoms with E-state index in [0.717, 1.165) is 0 Å². The Bertz CT molecular complexity index is 446. The van der Waals surface area contributed by atoms with Gasteiger partial charge in [0.2, 0.25) is 11.8 Å². The van der Waals surface area contributed by atoms with Crippen molar-refractivity contribution in [2.24, 2.45) is 0 Å². The molecule has 0 saturated heterocycles. The lowest BCUT2D eigenvalue weighted by Crippen LogP contribution is -2.28. The summed E-state index contributed by atoms with van der Waals surface area (Å²) >= 11 is 0. The fraction of sp³-hybridized carbons (Fsp3) is 0.538. The molecule has 0 N–H and O–H groups in total. The molecule has 0 spiro atoms. The Morgan fingerprint density at radius 3 is 2.20 bits per heavy atom. The van der Waals surface area contributed by atoms with Crippen molar-refractivity contribution < 1.29 is 23.8 Å². The van der Waals surface area contributed by atoms with Gasteiger partial charge in [-0.15, -0.1) is 0 Å². The normalized spacial score (nSPS) is 10.2. The van der Waals surface area contributed by atoms with Crippen LogP contribution in [0.5, 0.6) is 5.88 Å². The third kappa shape index (κ3) is 4.18. The van der Waals surface area contributed by atoms with Crippen molar-refractivity contribution in [2.45, 2.75) is 26.7 Å². The highest BCUT2D eigenvalue weighted by atomic mass is 16.6. The molecule has 1 aromatic rings. The van der Waals surface area contributed by atoms with E-state index in [1.54, 1.807) is 26.8 Å². The fourth-order valence-electron chi connectivity index (χ4n) is 1.48. The maximum absolute atomic E-state index is 11.9. The quantitative estimate of drug-likeness (QED) is 0.546. The minimum absolute atomic E-state index is 0.00727. The van der Waals surface area contributed by atoms with Crippen molar-refractivity contribution >= 4 is 11.9 Å². The average molecular weight is 282 g/mol. The zero-order valence-electron chi connectivity index (χ0n) is 11.8. The molecule has 1 heterocycles. The summed E-state index contributed by atoms with van der Waals surface area (Å²) in [6.07, 6.45) is 1.42. The number of hydrogen-bond acceptors (Lipinski definition) is 7. The largest absolute Gasteiger partial charge is 0.478 e. The summed E-state index contributed by atoms with van der Waals surface area (Å²) in [6.45, 7) is 5.82. The van der Waals surface area contributed by atoms with E-state index in [1.165, 1.54) is 6.20 Å². The molecule has 0 atom stereocenters. The molecule has 0 aliphatic heterocycles. The van der Waals surface area contributed by atoms with Crippen LogP contribution in [-0.2, 0) is 19.1 Å². The molecule has 0 fully saturated rings. The molecule has 0 unspecified atom stereocenters. The van der Waals surface area contributed by atoms with Crippen molar-refractivity contribution in [1.82, 2.24) is 9.97 Å². The molecule has 0 aliphatic rings. The number of hydrogen-bond donors (Lipinski definition) is 0. The first-order valence-electron chi connectivity index (χ1n) is 6.43. The lowest BCUT2D eigenvalue weighted by atomic mass is 10.1. The number of carbonyl (C=O) groups excluding carboxylic acids is 2. The van der Waals surface area contributed by atoms with Gasteiger partial charge in [0.1, 0.15) is 0 Å². The Labute approximate surface area is 117 Å². The molecular weight excluding hydrogens is 264 g/mol. The molecule has 0 radical (unpaired) electrons. The van der Waals surface area contributed by atoms with Crippen LogP contribution < -0.4 is 4.74 Å². The predicted molar refractivity (Wildman–Crippen MR) is 69.2 cm³/mol. The van der Waals surface area contributed by atoms with Crippen LogP contribution in [0.15, 0.2) is 12.3 Å². The molecule has 0 saturated carbocycles. The van der Waals surface area contributed by atoms with E-state index >= 15 is 0 Å². The highest BCUT2D eigenvalue weighted by molar-refractivity contribution is 6.00. The van der Waals surface area contributed by atoms with Gasteiger partial charge in [-0.2, -0.15) is 4.98 Å². The zero-order chi connectivity index (χ0) is 15.0. The minimum Gasteiger partial charge on any atom is -0.478 e. The second-order valence-corrected chi connectivity index (χ2v) is 3.62. The second kappa shape index (κ2) is 8.08. The number of nitrogens with zero attached hydrogens (tertiary/aromatic N) is 2. The summed E-state index contributed by atoms with van der Waals surface area (Å²) in [6, 6.07) is 1.54. The molecule has 7 nitrogen and oxygen atoms in total. The molecule has 0 aromatic carbocycles. The van der Waals surface area contributed by atoms with E-state index in [9.17, 15) is 9.59 Å². The number of ether oxygens (including phenoxy) is 3. The van der Waals surface area contributed by atoms with Gasteiger partial charge in [-0.05, 0) is 20.8 Å². The summed E-state index contributed by atoms with van der Waals surface area (Å²) < 4.78 is 15.0. The van der Waals surface area contributed by atoms with Crippen molar-refractivity contribution in [3.63, 3.8) is 0 Å². The van der Waals surface area contributed by atoms with Gasteiger partial charge >= 0.3 is 11.9 Å². The first kappa shape index (κ1) is 15.9. The van der Waals surface area contributed by atoms with Crippen LogP contribution >= 0.6 is 0 Å². The van der Waals surface area contributed by atoms with Gasteiger partial charge in [0.25, 0.3) is 0 Å². The van der Waals surface area contributed by atoms with Gasteiger partial charge in [0.15, 0.2) is 5.82 Å². The summed E-state index contributed by atoms with van der Waals surface area (Å²) in [5.41, 5.74) is 0. The van der Waals surface area contributed by atoms with Crippen LogP contribution in [0.2, 0.25) is 0 Å². The number of esters is 2. The molecule has 0 amide bonds. The first-order chi connectivity index (χ1) is 9.63. The first-order valence-corrected chi connectivity index (χ1v) is 6.43. The highest BCUT2D eigenvalue weighted by Crippen LogP contribution is 2.18. The van der Waals surface area contributed by atoms with Crippen molar-refractivity contribution in [3.8, 4) is 5.88 Å². The maximum Gasteiger partial charge on any atom is 0.328 e. The Kier molecular flexibility index (Phi) is 6.42. The van der Waals surface area contributed by atoms with Gasteiger partial charge in [-0.1, -0.05) is 0 Å². The smallest absolute Gasteiger partial charge is 0.328 e. The van der Waals surface area contributed by atoms with E-state index in [4.69, 9.17) is 14.2 Å². The molecule has 1 aromatic heterocycles. The third-order valence-corrected chi connectivity index (χ3v) is 2.24. The molecule has 0 aliphatic carbocycles. The van der Waals surface area contributed by atoms with E-state index in [2.05, 4.69) is 9.97 Å². The summed E-state index contributed by atoms with van der Waals surface area (Å²) in [5.74, 6) is -2.47. The van der Waals surface area contributed by atoms with Crippen molar-refractivity contribution in [1.29, 1.82) is 0 Å². The lowest BCUT2D eigenvalue weighted by Gasteiger charge is -2.13. The number of aromatic nitrogens is 2. The van der Waals surface area contributed by atoms with E-state index in [-0.39, 0.29) is 24.9 Å². The lowest BCUT2D eigenvalue weighted by molar-refractivity contribution is -0.157. The maximum atomic E-state index is 11.9. The number of carbonyl (C=O) groups is 2. The van der Waals surface area contributed by atoms with E-state index < -0.39 is 17.9 Å². The molecule has 1 rings (SSSR count). The average Bonchev–Trinajstić information content (AvgIpc) is 2.40. The Hall–Kier alpha value is -2.18. The van der Waals surface area contributed by atoms with E-state index in [0.29, 0.717) is 6.61 Å². The standard InChI is InChI=1S/C13H18N2O5/c1-4-18-9-7-8-14-11(15-9)10(12(16)19-5-2)13(17)20-6-3/h7-8,10H,4-6H2,1-3H3. The molecule has 110 valence electrons. The third-order valence-electron chi connectivity index (χ3n) is 2.24. The molecular formula is C13H18N2O5. The van der Waals surface area contributed by atoms with Crippen LogP contribution in [-0.4, -0.2) is 41.7 Å². The Balaban J connectivity index is 3.05. The van der Waals surface area contributed by atoms with Gasteiger partial charge in [0, 0.05) is 12.3 Å². The Morgan fingerprint density at radius 2 is 1.70 bits per heavy atom. The second-order valence-electron chi connectivity index (χ2n) is 3.62. The van der Waals surface area contributed by atoms with Crippen LogP contribution in [0, 0.1) is 0 Å². The summed E-state index contributed by atoms with van der Waals surface area (Å²) in [4.78, 5) is 31.7. The highest BCUT2D eigenvalue weighted by Gasteiger charge is 2.34.